The molecule has 5 aromatic rings. The summed E-state index contributed by atoms with van der Waals surface area (Å²) >= 11 is 0. The van der Waals surface area contributed by atoms with Crippen molar-refractivity contribution in [3.8, 4) is 17.2 Å². The Hall–Kier alpha value is -3.78. The van der Waals surface area contributed by atoms with Gasteiger partial charge in [0, 0.05) is 10.9 Å². The van der Waals surface area contributed by atoms with Crippen molar-refractivity contribution in [2.75, 3.05) is 0 Å². The molecule has 5 rings (SSSR count). The quantitative estimate of drug-likeness (QED) is 0.493. The highest BCUT2D eigenvalue weighted by Gasteiger charge is 2.21. The maximum absolute atomic E-state index is 13.4. The van der Waals surface area contributed by atoms with Crippen LogP contribution in [0.3, 0.4) is 0 Å². The number of imidazole rings is 1. The molecule has 0 saturated heterocycles. The highest BCUT2D eigenvalue weighted by Crippen LogP contribution is 2.33. The summed E-state index contributed by atoms with van der Waals surface area (Å²) in [7, 11) is 0. The Morgan fingerprint density at radius 3 is 2.73 bits per heavy atom. The van der Waals surface area contributed by atoms with Crippen LogP contribution < -0.4 is 5.56 Å². The molecule has 0 aliphatic heterocycles. The number of aromatic nitrogens is 2. The third kappa shape index (κ3) is 1.76. The molecule has 0 amide bonds. The van der Waals surface area contributed by atoms with Crippen LogP contribution >= 0.6 is 0 Å². The van der Waals surface area contributed by atoms with Gasteiger partial charge in [0.1, 0.15) is 17.3 Å². The van der Waals surface area contributed by atoms with Crippen molar-refractivity contribution in [3.63, 3.8) is 0 Å². The number of fused-ring (bicyclic) bond motifs is 4. The molecule has 26 heavy (non-hydrogen) atoms. The molecule has 124 valence electrons. The summed E-state index contributed by atoms with van der Waals surface area (Å²) in [5.41, 5.74) is 4.94. The van der Waals surface area contributed by atoms with E-state index < -0.39 is 0 Å². The lowest BCUT2D eigenvalue weighted by atomic mass is 9.98. The average molecular weight is 339 g/mol. The summed E-state index contributed by atoms with van der Waals surface area (Å²) in [6.07, 6.45) is 1.59. The molecule has 3 aromatic heterocycles. The van der Waals surface area contributed by atoms with Crippen molar-refractivity contribution < 1.29 is 4.42 Å². The summed E-state index contributed by atoms with van der Waals surface area (Å²) in [5.74, 6) is 0. The predicted octanol–water partition coefficient (Wildman–Crippen LogP) is 4.37. The van der Waals surface area contributed by atoms with E-state index >= 15 is 0 Å². The molecule has 0 spiro atoms. The SMILES string of the molecule is Cc1c(-c2coc3ccccc23)c(=O)n2c([nH]c3ccccc32)c1C#N. The number of hydrogen-bond donors (Lipinski definition) is 1. The number of aromatic amines is 1. The zero-order chi connectivity index (χ0) is 17.8. The lowest BCUT2D eigenvalue weighted by Gasteiger charge is -2.08. The van der Waals surface area contributed by atoms with Crippen LogP contribution in [0.2, 0.25) is 0 Å². The molecule has 5 nitrogen and oxygen atoms in total. The topological polar surface area (TPSA) is 74.2 Å². The Labute approximate surface area is 147 Å². The van der Waals surface area contributed by atoms with E-state index in [1.54, 1.807) is 10.7 Å². The molecule has 0 aliphatic carbocycles. The van der Waals surface area contributed by atoms with Crippen LogP contribution in [0.15, 0.2) is 64.0 Å². The van der Waals surface area contributed by atoms with E-state index in [2.05, 4.69) is 11.1 Å². The smallest absolute Gasteiger partial charge is 0.265 e. The minimum Gasteiger partial charge on any atom is -0.464 e. The number of nitrogens with one attached hydrogen (secondary N) is 1. The van der Waals surface area contributed by atoms with Crippen molar-refractivity contribution in [3.05, 3.63) is 76.3 Å². The van der Waals surface area contributed by atoms with Crippen molar-refractivity contribution >= 4 is 27.6 Å². The second-order valence-electron chi connectivity index (χ2n) is 6.26. The van der Waals surface area contributed by atoms with Gasteiger partial charge in [-0.25, -0.2) is 0 Å². The summed E-state index contributed by atoms with van der Waals surface area (Å²) in [6.45, 7) is 1.81. The van der Waals surface area contributed by atoms with E-state index in [0.29, 0.717) is 33.5 Å². The lowest BCUT2D eigenvalue weighted by molar-refractivity contribution is 0.617. The van der Waals surface area contributed by atoms with E-state index in [1.807, 2.05) is 55.5 Å². The molecule has 3 heterocycles. The molecule has 1 N–H and O–H groups in total. The standard InChI is InChI=1S/C21H13N3O2/c1-12-14(10-22)20-23-16-7-3-4-8-17(16)24(20)21(25)19(12)15-11-26-18-9-5-2-6-13(15)18/h2-9,11,23H,1H3. The fourth-order valence-electron chi connectivity index (χ4n) is 3.66. The van der Waals surface area contributed by atoms with Crippen LogP contribution in [0.4, 0.5) is 0 Å². The largest absolute Gasteiger partial charge is 0.464 e. The maximum Gasteiger partial charge on any atom is 0.265 e. The first-order valence-electron chi connectivity index (χ1n) is 8.23. The summed E-state index contributed by atoms with van der Waals surface area (Å²) in [5, 5.41) is 10.6. The van der Waals surface area contributed by atoms with Crippen molar-refractivity contribution in [2.24, 2.45) is 0 Å². The van der Waals surface area contributed by atoms with E-state index in [9.17, 15) is 10.1 Å². The second kappa shape index (κ2) is 5.11. The van der Waals surface area contributed by atoms with Gasteiger partial charge in [0.2, 0.25) is 0 Å². The van der Waals surface area contributed by atoms with Crippen LogP contribution in [0, 0.1) is 18.3 Å². The number of nitrogens with zero attached hydrogens (tertiary/aromatic N) is 2. The van der Waals surface area contributed by atoms with Crippen LogP contribution in [0.25, 0.3) is 38.8 Å². The third-order valence-corrected chi connectivity index (χ3v) is 4.89. The summed E-state index contributed by atoms with van der Waals surface area (Å²) in [6, 6.07) is 17.4. The molecule has 0 unspecified atom stereocenters. The van der Waals surface area contributed by atoms with Gasteiger partial charge in [0.05, 0.1) is 28.4 Å². The number of furan rings is 1. The second-order valence-corrected chi connectivity index (χ2v) is 6.26. The average Bonchev–Trinajstić information content (AvgIpc) is 3.24. The Kier molecular flexibility index (Phi) is 2.86. The van der Waals surface area contributed by atoms with E-state index in [4.69, 9.17) is 4.42 Å². The molecule has 0 fully saturated rings. The van der Waals surface area contributed by atoms with E-state index in [1.165, 1.54) is 0 Å². The van der Waals surface area contributed by atoms with E-state index in [-0.39, 0.29) is 5.56 Å². The van der Waals surface area contributed by atoms with Gasteiger partial charge in [-0.3, -0.25) is 9.20 Å². The van der Waals surface area contributed by atoms with Gasteiger partial charge in [-0.2, -0.15) is 5.26 Å². The zero-order valence-corrected chi connectivity index (χ0v) is 13.9. The van der Waals surface area contributed by atoms with Crippen LogP contribution in [0.1, 0.15) is 11.1 Å². The first kappa shape index (κ1) is 14.6. The zero-order valence-electron chi connectivity index (χ0n) is 13.9. The first-order chi connectivity index (χ1) is 12.7. The normalized spacial score (nSPS) is 11.4. The lowest BCUT2D eigenvalue weighted by Crippen LogP contribution is -2.18. The molecule has 0 atom stereocenters. The fourth-order valence-corrected chi connectivity index (χ4v) is 3.66. The molecular formula is C21H13N3O2. The minimum absolute atomic E-state index is 0.166. The number of nitriles is 1. The minimum atomic E-state index is -0.166. The number of rotatable bonds is 1. The van der Waals surface area contributed by atoms with E-state index in [0.717, 1.165) is 16.4 Å². The van der Waals surface area contributed by atoms with Crippen molar-refractivity contribution in [2.45, 2.75) is 6.92 Å². The van der Waals surface area contributed by atoms with Crippen LogP contribution in [-0.4, -0.2) is 9.38 Å². The maximum atomic E-state index is 13.4. The van der Waals surface area contributed by atoms with Gasteiger partial charge in [-0.05, 0) is 30.7 Å². The monoisotopic (exact) mass is 339 g/mol. The summed E-state index contributed by atoms with van der Waals surface area (Å²) in [4.78, 5) is 16.6. The molecule has 0 radical (unpaired) electrons. The van der Waals surface area contributed by atoms with Gasteiger partial charge >= 0.3 is 0 Å². The Bertz CT molecular complexity index is 1430. The Morgan fingerprint density at radius 1 is 1.12 bits per heavy atom. The van der Waals surface area contributed by atoms with Gasteiger partial charge in [-0.15, -0.1) is 0 Å². The first-order valence-corrected chi connectivity index (χ1v) is 8.23. The molecule has 0 bridgehead atoms. The van der Waals surface area contributed by atoms with Crippen LogP contribution in [0.5, 0.6) is 0 Å². The predicted molar refractivity (Wildman–Crippen MR) is 100 cm³/mol. The Balaban J connectivity index is 2.03. The number of pyridine rings is 1. The third-order valence-electron chi connectivity index (χ3n) is 4.89. The summed E-state index contributed by atoms with van der Waals surface area (Å²) < 4.78 is 7.21. The van der Waals surface area contributed by atoms with Gasteiger partial charge in [0.15, 0.2) is 0 Å². The van der Waals surface area contributed by atoms with Crippen LogP contribution in [-0.2, 0) is 0 Å². The van der Waals surface area contributed by atoms with Crippen molar-refractivity contribution in [1.29, 1.82) is 5.26 Å². The number of para-hydroxylation sites is 3. The molecule has 5 heteroatoms. The molecule has 0 aliphatic rings. The molecular weight excluding hydrogens is 326 g/mol. The van der Waals surface area contributed by atoms with Gasteiger partial charge in [0.25, 0.3) is 5.56 Å². The number of benzene rings is 2. The van der Waals surface area contributed by atoms with Gasteiger partial charge < -0.3 is 9.40 Å². The van der Waals surface area contributed by atoms with Gasteiger partial charge in [-0.1, -0.05) is 30.3 Å². The highest BCUT2D eigenvalue weighted by molar-refractivity contribution is 5.96. The molecule has 2 aromatic carbocycles. The van der Waals surface area contributed by atoms with Crippen molar-refractivity contribution in [1.82, 2.24) is 9.38 Å². The fraction of sp³-hybridized carbons (Fsp3) is 0.0476. The molecule has 0 saturated carbocycles. The Morgan fingerprint density at radius 2 is 1.88 bits per heavy atom. The highest BCUT2D eigenvalue weighted by atomic mass is 16.3. The number of hydrogen-bond acceptors (Lipinski definition) is 3. The number of H-pyrrole nitrogens is 1.